The molecule has 0 aliphatic carbocycles. The zero-order valence-corrected chi connectivity index (χ0v) is 17.4. The first kappa shape index (κ1) is 18.2. The minimum absolute atomic E-state index is 0.177. The summed E-state index contributed by atoms with van der Waals surface area (Å²) in [5.41, 5.74) is 1.29. The largest absolute Gasteiger partial charge is 0.291 e. The van der Waals surface area contributed by atoms with Crippen LogP contribution in [0.3, 0.4) is 0 Å². The molecule has 1 aromatic rings. The number of hydrogen-bond acceptors (Lipinski definition) is 2. The Morgan fingerprint density at radius 1 is 1.08 bits per heavy atom. The highest BCUT2D eigenvalue weighted by Crippen LogP contribution is 2.42. The molecule has 2 saturated heterocycles. The molecule has 3 unspecified atom stereocenters. The van der Waals surface area contributed by atoms with Crippen molar-refractivity contribution in [2.45, 2.75) is 62.5 Å². The molecule has 2 fully saturated rings. The van der Waals surface area contributed by atoms with Gasteiger partial charge in [-0.05, 0) is 23.1 Å². The molecule has 0 N–H and O–H groups in total. The number of rotatable bonds is 1. The zero-order valence-electron chi connectivity index (χ0n) is 15.8. The number of carbonyl (C=O) groups is 1. The highest BCUT2D eigenvalue weighted by Gasteiger charge is 2.56. The van der Waals surface area contributed by atoms with E-state index in [4.69, 9.17) is 0 Å². The zero-order chi connectivity index (χ0) is 17.7. The Balaban J connectivity index is 1.87. The van der Waals surface area contributed by atoms with Gasteiger partial charge in [-0.3, -0.25) is 9.69 Å². The minimum atomic E-state index is -0.284. The maximum Gasteiger partial charge on any atom is 0.231 e. The highest BCUT2D eigenvalue weighted by molar-refractivity contribution is 8.06. The van der Waals surface area contributed by atoms with Crippen LogP contribution >= 0.6 is 11.8 Å². The van der Waals surface area contributed by atoms with E-state index in [0.29, 0.717) is 16.5 Å². The van der Waals surface area contributed by atoms with E-state index in [-0.39, 0.29) is 21.7 Å². The summed E-state index contributed by atoms with van der Waals surface area (Å²) in [5.74, 6) is 2.60. The molecule has 4 heteroatoms. The van der Waals surface area contributed by atoms with Crippen LogP contribution in [0.1, 0.15) is 47.1 Å². The summed E-state index contributed by atoms with van der Waals surface area (Å²) < 4.78 is 0. The molecule has 0 aromatic heterocycles. The van der Waals surface area contributed by atoms with Gasteiger partial charge in [0.05, 0.1) is 23.2 Å². The van der Waals surface area contributed by atoms with E-state index in [1.807, 2.05) is 32.5 Å². The summed E-state index contributed by atoms with van der Waals surface area (Å²) in [5, 5.41) is 1.02. The van der Waals surface area contributed by atoms with E-state index < -0.39 is 0 Å². The lowest BCUT2D eigenvalue weighted by atomic mass is 9.87. The molecule has 0 spiro atoms. The molecule has 24 heavy (non-hydrogen) atoms. The third kappa shape index (κ3) is 3.37. The minimum Gasteiger partial charge on any atom is -0.291 e. The molecule has 2 heterocycles. The quantitative estimate of drug-likeness (QED) is 0.693. The molecular weight excluding hydrogens is 334 g/mol. The van der Waals surface area contributed by atoms with Gasteiger partial charge in [-0.1, -0.05) is 53.7 Å². The maximum atomic E-state index is 12.9. The first-order chi connectivity index (χ1) is 11.1. The number of amides is 1. The van der Waals surface area contributed by atoms with E-state index in [2.05, 4.69) is 49.9 Å². The van der Waals surface area contributed by atoms with Crippen LogP contribution in [0.2, 0.25) is 0 Å². The first-order valence-corrected chi connectivity index (χ1v) is 11.3. The summed E-state index contributed by atoms with van der Waals surface area (Å²) in [4.78, 5) is 16.5. The van der Waals surface area contributed by atoms with E-state index in [1.54, 1.807) is 0 Å². The van der Waals surface area contributed by atoms with Crippen LogP contribution in [0.5, 0.6) is 0 Å². The lowest BCUT2D eigenvalue weighted by Gasteiger charge is -2.28. The van der Waals surface area contributed by atoms with Crippen LogP contribution in [0, 0.1) is 5.41 Å². The molecule has 2 bridgehead atoms. The second-order valence-electron chi connectivity index (χ2n) is 8.97. The predicted molar refractivity (Wildman–Crippen MR) is 107 cm³/mol. The predicted octanol–water partition coefficient (Wildman–Crippen LogP) is 4.29. The van der Waals surface area contributed by atoms with Crippen molar-refractivity contribution in [3.8, 4) is 0 Å². The Labute approximate surface area is 154 Å². The monoisotopic (exact) mass is 364 g/mol. The fourth-order valence-electron chi connectivity index (χ4n) is 3.47. The maximum absolute atomic E-state index is 12.9. The number of benzene rings is 1. The number of nitrogens with zero attached hydrogens (tertiary/aromatic N) is 1. The third-order valence-electron chi connectivity index (χ3n) is 4.86. The smallest absolute Gasteiger partial charge is 0.231 e. The number of hydrogen-bond donors (Lipinski definition) is 0. The average Bonchev–Trinajstić information content (AvgIpc) is 2.70. The summed E-state index contributed by atoms with van der Waals surface area (Å²) in [6.45, 7) is 13.8. The van der Waals surface area contributed by atoms with Crippen LogP contribution in [0.25, 0.3) is 0 Å². The molecule has 3 atom stereocenters. The summed E-state index contributed by atoms with van der Waals surface area (Å²) in [6, 6.07) is 9.23. The molecule has 0 radical (unpaired) electrons. The highest BCUT2D eigenvalue weighted by atomic mass is 32.2. The van der Waals surface area contributed by atoms with Crippen LogP contribution in [0.15, 0.2) is 29.2 Å². The Hall–Kier alpha value is -0.610. The van der Waals surface area contributed by atoms with Gasteiger partial charge in [0.1, 0.15) is 0 Å². The molecule has 2 aliphatic heterocycles. The summed E-state index contributed by atoms with van der Waals surface area (Å²) >= 11 is 2.02. The van der Waals surface area contributed by atoms with E-state index in [9.17, 15) is 4.79 Å². The summed E-state index contributed by atoms with van der Waals surface area (Å²) in [7, 11) is 0.177. The molecular formula is C20H30NOS2+. The normalized spacial score (nSPS) is 27.4. The van der Waals surface area contributed by atoms with Crippen molar-refractivity contribution in [2.24, 2.45) is 5.41 Å². The van der Waals surface area contributed by atoms with Gasteiger partial charge in [0.15, 0.2) is 10.1 Å². The lowest BCUT2D eigenvalue weighted by Crippen LogP contribution is -2.45. The Morgan fingerprint density at radius 2 is 1.71 bits per heavy atom. The van der Waals surface area contributed by atoms with Crippen molar-refractivity contribution >= 4 is 28.6 Å². The van der Waals surface area contributed by atoms with Crippen molar-refractivity contribution in [1.82, 2.24) is 4.90 Å². The molecule has 3 rings (SSSR count). The Kier molecular flexibility index (Phi) is 4.76. The van der Waals surface area contributed by atoms with Crippen molar-refractivity contribution < 1.29 is 4.79 Å². The first-order valence-electron chi connectivity index (χ1n) is 8.80. The van der Waals surface area contributed by atoms with Gasteiger partial charge in [-0.15, -0.1) is 11.8 Å². The molecule has 0 saturated carbocycles. The van der Waals surface area contributed by atoms with Gasteiger partial charge < -0.3 is 0 Å². The van der Waals surface area contributed by atoms with Crippen molar-refractivity contribution in [3.63, 3.8) is 0 Å². The fraction of sp³-hybridized carbons (Fsp3) is 0.650. The van der Waals surface area contributed by atoms with Crippen molar-refractivity contribution in [3.05, 3.63) is 29.8 Å². The molecule has 1 aromatic carbocycles. The van der Waals surface area contributed by atoms with Crippen LogP contribution in [-0.2, 0) is 21.1 Å². The standard InChI is InChI=1S/C20H30NOS2/c1-19(2,3)14-7-9-15(10-8-14)24-16-11-21(17(24)13-23-12-16)18(22)20(4,5)6/h7-10,16-17H,11-13H2,1-6H3/q+1. The molecule has 1 amide bonds. The molecule has 2 aliphatic rings. The van der Waals surface area contributed by atoms with E-state index >= 15 is 0 Å². The van der Waals surface area contributed by atoms with Crippen LogP contribution in [0.4, 0.5) is 0 Å². The van der Waals surface area contributed by atoms with Gasteiger partial charge in [0.25, 0.3) is 0 Å². The van der Waals surface area contributed by atoms with Crippen molar-refractivity contribution in [1.29, 1.82) is 0 Å². The third-order valence-corrected chi connectivity index (χ3v) is 9.33. The van der Waals surface area contributed by atoms with Crippen LogP contribution in [-0.4, -0.2) is 39.5 Å². The van der Waals surface area contributed by atoms with Crippen LogP contribution < -0.4 is 0 Å². The second-order valence-corrected chi connectivity index (χ2v) is 12.5. The number of fused-ring (bicyclic) bond motifs is 2. The fourth-order valence-corrected chi connectivity index (χ4v) is 8.48. The van der Waals surface area contributed by atoms with Gasteiger partial charge in [0.2, 0.25) is 11.3 Å². The lowest BCUT2D eigenvalue weighted by molar-refractivity contribution is -0.139. The van der Waals surface area contributed by atoms with Gasteiger partial charge >= 0.3 is 0 Å². The number of carbonyl (C=O) groups excluding carboxylic acids is 1. The average molecular weight is 365 g/mol. The van der Waals surface area contributed by atoms with E-state index in [1.165, 1.54) is 16.2 Å². The Bertz CT molecular complexity index is 612. The second kappa shape index (κ2) is 6.28. The summed E-state index contributed by atoms with van der Waals surface area (Å²) in [6.07, 6.45) is 0. The van der Waals surface area contributed by atoms with Crippen molar-refractivity contribution in [2.75, 3.05) is 18.1 Å². The Morgan fingerprint density at radius 3 is 2.25 bits per heavy atom. The SMILES string of the molecule is CC(C)(C)C(=O)N1CC2CSCC1[S+]2c1ccc(C(C)(C)C)cc1. The molecule has 132 valence electrons. The van der Waals surface area contributed by atoms with Gasteiger partial charge in [-0.2, -0.15) is 0 Å². The van der Waals surface area contributed by atoms with E-state index in [0.717, 1.165) is 12.3 Å². The topological polar surface area (TPSA) is 20.3 Å². The van der Waals surface area contributed by atoms with Gasteiger partial charge in [-0.25, -0.2) is 0 Å². The van der Waals surface area contributed by atoms with Gasteiger partial charge in [0, 0.05) is 11.2 Å². The molecule has 2 nitrogen and oxygen atoms in total. The number of thioether (sulfide) groups is 1.